The Balaban J connectivity index is 1.88. The molecule has 0 bridgehead atoms. The van der Waals surface area contributed by atoms with Crippen LogP contribution in [0.5, 0.6) is 0 Å². The molecule has 158 valence electrons. The molecular formula is C28H38NSi+. The Kier molecular flexibility index (Phi) is 4.99. The van der Waals surface area contributed by atoms with Gasteiger partial charge in [-0.1, -0.05) is 57.2 Å². The molecule has 0 unspecified atom stereocenters. The summed E-state index contributed by atoms with van der Waals surface area (Å²) >= 11 is 0. The Bertz CT molecular complexity index is 1180. The molecule has 0 amide bonds. The monoisotopic (exact) mass is 418 g/mol. The fraction of sp³-hybridized carbons (Fsp3) is 0.464. The smallest absolute Gasteiger partial charge is 0.200 e. The van der Waals surface area contributed by atoms with E-state index < -0.39 is 14.0 Å². The molecule has 2 heterocycles. The van der Waals surface area contributed by atoms with Crippen LogP contribution >= 0.6 is 0 Å². The molecule has 1 fully saturated rings. The first-order valence-corrected chi connectivity index (χ1v) is 14.8. The Labute approximate surface area is 187 Å². The second kappa shape index (κ2) is 7.96. The maximum atomic E-state index is 8.69. The largest absolute Gasteiger partial charge is 0.220 e. The molecule has 0 spiro atoms. The minimum Gasteiger partial charge on any atom is -0.200 e. The lowest BCUT2D eigenvalue weighted by Gasteiger charge is -2.33. The molecule has 2 heteroatoms. The van der Waals surface area contributed by atoms with Gasteiger partial charge in [0.2, 0.25) is 5.69 Å². The Morgan fingerprint density at radius 3 is 2.43 bits per heavy atom. The number of fused-ring (bicyclic) bond motifs is 1. The van der Waals surface area contributed by atoms with Crippen molar-refractivity contribution in [2.75, 3.05) is 0 Å². The first-order valence-electron chi connectivity index (χ1n) is 12.4. The summed E-state index contributed by atoms with van der Waals surface area (Å²) in [5.41, 5.74) is 7.11. The van der Waals surface area contributed by atoms with Gasteiger partial charge in [0.15, 0.2) is 6.17 Å². The molecule has 2 aromatic carbocycles. The first-order chi connectivity index (χ1) is 14.9. The molecule has 0 saturated carbocycles. The van der Waals surface area contributed by atoms with Crippen molar-refractivity contribution in [3.8, 4) is 11.3 Å². The van der Waals surface area contributed by atoms with E-state index in [2.05, 4.69) is 57.3 Å². The number of hydrogen-bond donors (Lipinski definition) is 0. The lowest BCUT2D eigenvalue weighted by atomic mass is 9.89. The molecule has 3 aromatic rings. The highest BCUT2D eigenvalue weighted by Gasteiger charge is 2.29. The molecule has 0 atom stereocenters. The van der Waals surface area contributed by atoms with Crippen LogP contribution in [0.2, 0.25) is 25.2 Å². The van der Waals surface area contributed by atoms with E-state index in [9.17, 15) is 0 Å². The molecule has 0 radical (unpaired) electrons. The van der Waals surface area contributed by atoms with Crippen molar-refractivity contribution >= 4 is 18.8 Å². The molecular weight excluding hydrogens is 378 g/mol. The van der Waals surface area contributed by atoms with E-state index in [0.29, 0.717) is 12.1 Å². The number of hydrogen-bond acceptors (Lipinski definition) is 0. The van der Waals surface area contributed by atoms with Gasteiger partial charge in [-0.25, -0.2) is 4.57 Å². The van der Waals surface area contributed by atoms with E-state index in [4.69, 9.17) is 2.74 Å². The number of aromatic nitrogens is 1. The summed E-state index contributed by atoms with van der Waals surface area (Å²) in [7, 11) is 1.02. The van der Waals surface area contributed by atoms with Gasteiger partial charge in [-0.3, -0.25) is 0 Å². The number of aryl methyl sites for hydroxylation is 1. The second-order valence-corrected chi connectivity index (χ2v) is 15.8. The Hall–Kier alpha value is -1.93. The third-order valence-electron chi connectivity index (χ3n) is 7.39. The van der Waals surface area contributed by atoms with Gasteiger partial charge in [0.25, 0.3) is 0 Å². The maximum absolute atomic E-state index is 8.69. The zero-order chi connectivity index (χ0) is 23.4. The van der Waals surface area contributed by atoms with Crippen LogP contribution < -0.4 is 4.57 Å². The first kappa shape index (κ1) is 18.8. The highest BCUT2D eigenvalue weighted by Crippen LogP contribution is 2.40. The summed E-state index contributed by atoms with van der Waals surface area (Å²) in [4.78, 5) is 0. The van der Waals surface area contributed by atoms with Crippen molar-refractivity contribution in [2.24, 2.45) is 7.05 Å². The molecule has 1 aliphatic heterocycles. The normalized spacial score (nSPS) is 18.4. The Morgan fingerprint density at radius 1 is 1.07 bits per heavy atom. The van der Waals surface area contributed by atoms with Crippen LogP contribution in [-0.2, 0) is 7.05 Å². The lowest BCUT2D eigenvalue weighted by Crippen LogP contribution is -2.31. The van der Waals surface area contributed by atoms with Gasteiger partial charge in [-0.15, -0.1) is 0 Å². The predicted octanol–water partition coefficient (Wildman–Crippen LogP) is 7.66. The minimum atomic E-state index is -0.970. The summed E-state index contributed by atoms with van der Waals surface area (Å²) < 4.78 is 19.3. The molecule has 1 aromatic heterocycles. The van der Waals surface area contributed by atoms with E-state index in [1.165, 1.54) is 47.0 Å². The van der Waals surface area contributed by atoms with E-state index in [1.54, 1.807) is 0 Å². The zero-order valence-electron chi connectivity index (χ0n) is 21.8. The average Bonchev–Trinajstić information content (AvgIpc) is 2.70. The van der Waals surface area contributed by atoms with Gasteiger partial charge in [0.05, 0.1) is 10.9 Å². The molecule has 4 rings (SSSR count). The van der Waals surface area contributed by atoms with Crippen LogP contribution in [-0.4, -0.2) is 8.07 Å². The highest BCUT2D eigenvalue weighted by molar-refractivity contribution is 6.77. The highest BCUT2D eigenvalue weighted by atomic mass is 28.3. The van der Waals surface area contributed by atoms with E-state index in [1.807, 2.05) is 31.5 Å². The second-order valence-electron chi connectivity index (χ2n) is 10.4. The van der Waals surface area contributed by atoms with Crippen LogP contribution in [0.4, 0.5) is 0 Å². The number of nitrogens with zero attached hydrogens (tertiary/aromatic N) is 1. The van der Waals surface area contributed by atoms with E-state index in [-0.39, 0.29) is 0 Å². The van der Waals surface area contributed by atoms with E-state index >= 15 is 0 Å². The van der Waals surface area contributed by atoms with Crippen LogP contribution in [0, 0.1) is 13.8 Å². The number of benzene rings is 2. The molecule has 1 aliphatic rings. The van der Waals surface area contributed by atoms with Gasteiger partial charge in [0, 0.05) is 15.5 Å². The summed E-state index contributed by atoms with van der Waals surface area (Å²) in [6.45, 7) is 13.2. The molecule has 1 nitrogen and oxygen atoms in total. The molecule has 30 heavy (non-hydrogen) atoms. The van der Waals surface area contributed by atoms with Crippen LogP contribution in [0.15, 0.2) is 42.6 Å². The topological polar surface area (TPSA) is 3.88 Å². The quantitative estimate of drug-likeness (QED) is 0.304. The molecule has 1 saturated heterocycles. The van der Waals surface area contributed by atoms with Crippen molar-refractivity contribution in [3.05, 3.63) is 64.8 Å². The fourth-order valence-electron chi connectivity index (χ4n) is 5.03. The standard InChI is InChI=1S/C28H38NSi/c1-19(2)25-16-20(3)21(4)27(18-25)28-26-9-8-23(17-24(26)10-13-29(28)5)22-11-14-30(6,7)15-12-22/h8-10,13,16-19,22H,11-12,14-15H2,1-7H3/q+1/i13D,19D. The molecule has 0 N–H and O–H groups in total. The summed E-state index contributed by atoms with van der Waals surface area (Å²) in [5, 5.41) is 2.36. The third-order valence-corrected chi connectivity index (χ3v) is 10.7. The third kappa shape index (κ3) is 3.99. The molecule has 0 aliphatic carbocycles. The Morgan fingerprint density at radius 2 is 1.77 bits per heavy atom. The average molecular weight is 419 g/mol. The minimum absolute atomic E-state index is 0.523. The summed E-state index contributed by atoms with van der Waals surface area (Å²) in [6, 6.07) is 16.1. The van der Waals surface area contributed by atoms with Gasteiger partial charge >= 0.3 is 0 Å². The van der Waals surface area contributed by atoms with Crippen molar-refractivity contribution in [1.82, 2.24) is 0 Å². The predicted molar refractivity (Wildman–Crippen MR) is 133 cm³/mol. The SMILES string of the molecule is [2H]c1cc2cc(C3CC[Si](C)(C)CC3)ccc2c(-c2cc(C([2H])(C)C)cc(C)c2C)[n+]1C. The van der Waals surface area contributed by atoms with Crippen LogP contribution in [0.1, 0.15) is 63.5 Å². The van der Waals surface area contributed by atoms with Crippen molar-refractivity contribution in [1.29, 1.82) is 0 Å². The van der Waals surface area contributed by atoms with Crippen molar-refractivity contribution < 1.29 is 7.31 Å². The fourth-order valence-corrected chi connectivity index (χ4v) is 7.54. The van der Waals surface area contributed by atoms with Crippen LogP contribution in [0.25, 0.3) is 22.0 Å². The van der Waals surface area contributed by atoms with Crippen molar-refractivity contribution in [2.45, 2.75) is 77.5 Å². The summed E-state index contributed by atoms with van der Waals surface area (Å²) in [6.07, 6.45) is 3.14. The lowest BCUT2D eigenvalue weighted by molar-refractivity contribution is -0.659. The zero-order valence-corrected chi connectivity index (χ0v) is 20.8. The maximum Gasteiger partial charge on any atom is 0.220 e. The van der Waals surface area contributed by atoms with Crippen molar-refractivity contribution in [3.63, 3.8) is 0 Å². The summed E-state index contributed by atoms with van der Waals surface area (Å²) in [5.74, 6) is -0.00581. The number of rotatable bonds is 3. The van der Waals surface area contributed by atoms with Gasteiger partial charge in [0.1, 0.15) is 8.42 Å². The van der Waals surface area contributed by atoms with E-state index in [0.717, 1.165) is 22.2 Å². The van der Waals surface area contributed by atoms with Gasteiger partial charge in [-0.2, -0.15) is 0 Å². The van der Waals surface area contributed by atoms with Gasteiger partial charge in [-0.05, 0) is 78.3 Å². The number of pyridine rings is 1. The van der Waals surface area contributed by atoms with Crippen LogP contribution in [0.3, 0.4) is 0 Å². The van der Waals surface area contributed by atoms with Gasteiger partial charge < -0.3 is 0 Å².